The predicted molar refractivity (Wildman–Crippen MR) is 67.4 cm³/mol. The molecule has 0 aliphatic carbocycles. The van der Waals surface area contributed by atoms with Gasteiger partial charge in [-0.25, -0.2) is 9.97 Å². The molecule has 0 radical (unpaired) electrons. The van der Waals surface area contributed by atoms with Gasteiger partial charge in [-0.3, -0.25) is 0 Å². The monoisotopic (exact) mass is 235 g/mol. The normalized spacial score (nSPS) is 17.1. The van der Waals surface area contributed by atoms with Gasteiger partial charge in [0.15, 0.2) is 0 Å². The van der Waals surface area contributed by atoms with Crippen LogP contribution >= 0.6 is 0 Å². The summed E-state index contributed by atoms with van der Waals surface area (Å²) in [6.45, 7) is 6.38. The molecule has 2 rings (SSSR count). The lowest BCUT2D eigenvalue weighted by molar-refractivity contribution is 0.364. The van der Waals surface area contributed by atoms with Crippen molar-refractivity contribution in [2.24, 2.45) is 5.92 Å². The zero-order valence-corrected chi connectivity index (χ0v) is 10.9. The van der Waals surface area contributed by atoms with Gasteiger partial charge >= 0.3 is 6.01 Å². The molecule has 1 aliphatic heterocycles. The molecule has 2 heterocycles. The van der Waals surface area contributed by atoms with Crippen LogP contribution in [0.1, 0.15) is 29.8 Å². The van der Waals surface area contributed by atoms with Crippen molar-refractivity contribution in [1.82, 2.24) is 15.3 Å². The molecule has 1 aliphatic rings. The van der Waals surface area contributed by atoms with Crippen molar-refractivity contribution >= 4 is 0 Å². The Bertz CT molecular complexity index is 363. The maximum atomic E-state index is 5.09. The van der Waals surface area contributed by atoms with Crippen LogP contribution in [0.2, 0.25) is 0 Å². The number of nitrogens with zero attached hydrogens (tertiary/aromatic N) is 2. The molecular weight excluding hydrogens is 214 g/mol. The predicted octanol–water partition coefficient (Wildman–Crippen LogP) is 1.64. The highest BCUT2D eigenvalue weighted by atomic mass is 16.5. The van der Waals surface area contributed by atoms with E-state index in [1.807, 2.05) is 13.8 Å². The van der Waals surface area contributed by atoms with Gasteiger partial charge in [0, 0.05) is 11.4 Å². The Morgan fingerprint density at radius 2 is 1.76 bits per heavy atom. The van der Waals surface area contributed by atoms with Gasteiger partial charge in [0.05, 0.1) is 7.11 Å². The Balaban J connectivity index is 2.14. The number of piperidine rings is 1. The van der Waals surface area contributed by atoms with E-state index in [1.165, 1.54) is 18.4 Å². The third-order valence-electron chi connectivity index (χ3n) is 3.53. The average Bonchev–Trinajstić information content (AvgIpc) is 2.35. The van der Waals surface area contributed by atoms with Gasteiger partial charge in [0.2, 0.25) is 0 Å². The van der Waals surface area contributed by atoms with Crippen molar-refractivity contribution in [3.8, 4) is 6.01 Å². The molecule has 1 fully saturated rings. The molecule has 0 saturated carbocycles. The fraction of sp³-hybridized carbons (Fsp3) is 0.692. The molecule has 4 nitrogen and oxygen atoms in total. The molecule has 0 spiro atoms. The van der Waals surface area contributed by atoms with Gasteiger partial charge in [-0.15, -0.1) is 0 Å². The van der Waals surface area contributed by atoms with Crippen LogP contribution in [-0.4, -0.2) is 30.2 Å². The molecule has 1 aromatic rings. The van der Waals surface area contributed by atoms with Gasteiger partial charge in [-0.2, -0.15) is 0 Å². The minimum Gasteiger partial charge on any atom is -0.467 e. The van der Waals surface area contributed by atoms with Crippen molar-refractivity contribution < 1.29 is 4.74 Å². The van der Waals surface area contributed by atoms with Gasteiger partial charge in [-0.1, -0.05) is 0 Å². The standard InChI is InChI=1S/C13H21N3O/c1-9-12(8-11-4-6-14-7-5-11)10(2)16-13(15-9)17-3/h11,14H,4-8H2,1-3H3. The molecule has 0 amide bonds. The van der Waals surface area contributed by atoms with Gasteiger partial charge in [-0.05, 0) is 57.7 Å². The van der Waals surface area contributed by atoms with E-state index < -0.39 is 0 Å². The van der Waals surface area contributed by atoms with E-state index in [0.29, 0.717) is 6.01 Å². The third kappa shape index (κ3) is 2.94. The number of aryl methyl sites for hydroxylation is 2. The molecule has 0 atom stereocenters. The average molecular weight is 235 g/mol. The van der Waals surface area contributed by atoms with Gasteiger partial charge in [0.1, 0.15) is 0 Å². The topological polar surface area (TPSA) is 47.0 Å². The second kappa shape index (κ2) is 5.45. The lowest BCUT2D eigenvalue weighted by Crippen LogP contribution is -2.29. The molecule has 94 valence electrons. The van der Waals surface area contributed by atoms with Crippen LogP contribution in [0.25, 0.3) is 0 Å². The minimum absolute atomic E-state index is 0.481. The van der Waals surface area contributed by atoms with Crippen LogP contribution in [0.3, 0.4) is 0 Å². The Kier molecular flexibility index (Phi) is 3.94. The number of ether oxygens (including phenoxy) is 1. The number of aromatic nitrogens is 2. The second-order valence-electron chi connectivity index (χ2n) is 4.76. The molecule has 1 aromatic heterocycles. The second-order valence-corrected chi connectivity index (χ2v) is 4.76. The Labute approximate surface area is 103 Å². The SMILES string of the molecule is COc1nc(C)c(CC2CCNCC2)c(C)n1. The highest BCUT2D eigenvalue weighted by Gasteiger charge is 2.17. The maximum absolute atomic E-state index is 5.09. The number of rotatable bonds is 3. The first-order valence-corrected chi connectivity index (χ1v) is 6.29. The minimum atomic E-state index is 0.481. The molecule has 17 heavy (non-hydrogen) atoms. The number of hydrogen-bond acceptors (Lipinski definition) is 4. The Hall–Kier alpha value is -1.16. The summed E-state index contributed by atoms with van der Waals surface area (Å²) >= 11 is 0. The van der Waals surface area contributed by atoms with Crippen molar-refractivity contribution in [3.05, 3.63) is 17.0 Å². The summed E-state index contributed by atoms with van der Waals surface area (Å²) in [7, 11) is 1.61. The molecule has 1 saturated heterocycles. The van der Waals surface area contributed by atoms with E-state index in [4.69, 9.17) is 4.74 Å². The highest BCUT2D eigenvalue weighted by Crippen LogP contribution is 2.22. The number of nitrogens with one attached hydrogen (secondary N) is 1. The van der Waals surface area contributed by atoms with Crippen molar-refractivity contribution in [2.75, 3.05) is 20.2 Å². The summed E-state index contributed by atoms with van der Waals surface area (Å²) < 4.78 is 5.09. The summed E-state index contributed by atoms with van der Waals surface area (Å²) in [5, 5.41) is 3.40. The third-order valence-corrected chi connectivity index (χ3v) is 3.53. The lowest BCUT2D eigenvalue weighted by Gasteiger charge is -2.23. The molecule has 4 heteroatoms. The van der Waals surface area contributed by atoms with Crippen LogP contribution in [0, 0.1) is 19.8 Å². The van der Waals surface area contributed by atoms with Gasteiger partial charge < -0.3 is 10.1 Å². The van der Waals surface area contributed by atoms with E-state index in [0.717, 1.165) is 36.8 Å². The first kappa shape index (κ1) is 12.3. The van der Waals surface area contributed by atoms with E-state index in [2.05, 4.69) is 15.3 Å². The molecular formula is C13H21N3O. The van der Waals surface area contributed by atoms with E-state index in [-0.39, 0.29) is 0 Å². The van der Waals surface area contributed by atoms with Crippen LogP contribution in [0.4, 0.5) is 0 Å². The summed E-state index contributed by atoms with van der Waals surface area (Å²) in [4.78, 5) is 8.74. The zero-order chi connectivity index (χ0) is 12.3. The van der Waals surface area contributed by atoms with Crippen LogP contribution in [0.15, 0.2) is 0 Å². The summed E-state index contributed by atoms with van der Waals surface area (Å²) in [5.41, 5.74) is 3.43. The van der Waals surface area contributed by atoms with Crippen molar-refractivity contribution in [1.29, 1.82) is 0 Å². The van der Waals surface area contributed by atoms with Crippen LogP contribution < -0.4 is 10.1 Å². The molecule has 0 bridgehead atoms. The molecule has 1 N–H and O–H groups in total. The molecule has 0 aromatic carbocycles. The lowest BCUT2D eigenvalue weighted by atomic mass is 9.90. The van der Waals surface area contributed by atoms with Gasteiger partial charge in [0.25, 0.3) is 0 Å². The van der Waals surface area contributed by atoms with Crippen molar-refractivity contribution in [3.63, 3.8) is 0 Å². The van der Waals surface area contributed by atoms with Crippen LogP contribution in [-0.2, 0) is 6.42 Å². The summed E-state index contributed by atoms with van der Waals surface area (Å²) in [6.07, 6.45) is 3.61. The number of hydrogen-bond donors (Lipinski definition) is 1. The first-order chi connectivity index (χ1) is 8.20. The summed E-state index contributed by atoms with van der Waals surface area (Å²) in [6, 6.07) is 0.481. The fourth-order valence-corrected chi connectivity index (χ4v) is 2.47. The Morgan fingerprint density at radius 3 is 2.29 bits per heavy atom. The van der Waals surface area contributed by atoms with E-state index >= 15 is 0 Å². The van der Waals surface area contributed by atoms with Crippen LogP contribution in [0.5, 0.6) is 6.01 Å². The number of methoxy groups -OCH3 is 1. The smallest absolute Gasteiger partial charge is 0.316 e. The summed E-state index contributed by atoms with van der Waals surface area (Å²) in [5.74, 6) is 0.769. The maximum Gasteiger partial charge on any atom is 0.316 e. The fourth-order valence-electron chi connectivity index (χ4n) is 2.47. The zero-order valence-electron chi connectivity index (χ0n) is 10.9. The largest absolute Gasteiger partial charge is 0.467 e. The van der Waals surface area contributed by atoms with E-state index in [9.17, 15) is 0 Å². The molecule has 0 unspecified atom stereocenters. The quantitative estimate of drug-likeness (QED) is 0.865. The Morgan fingerprint density at radius 1 is 1.18 bits per heavy atom. The first-order valence-electron chi connectivity index (χ1n) is 6.29. The van der Waals surface area contributed by atoms with E-state index in [1.54, 1.807) is 7.11 Å². The highest BCUT2D eigenvalue weighted by molar-refractivity contribution is 5.26. The van der Waals surface area contributed by atoms with Crippen molar-refractivity contribution in [2.45, 2.75) is 33.1 Å².